The number of fused-ring (bicyclic) bond motifs is 1. The van der Waals surface area contributed by atoms with Crippen LogP contribution in [0.3, 0.4) is 0 Å². The molecule has 0 fully saturated rings. The van der Waals surface area contributed by atoms with Gasteiger partial charge in [-0.15, -0.1) is 0 Å². The molecule has 3 nitrogen and oxygen atoms in total. The SMILES string of the molecule is Cc1ccn2c(C(C)C#N)c(-c3ccc(F)cc3)nc2c1. The van der Waals surface area contributed by atoms with Gasteiger partial charge >= 0.3 is 0 Å². The van der Waals surface area contributed by atoms with E-state index in [2.05, 4.69) is 11.1 Å². The Bertz CT molecular complexity index is 841. The van der Waals surface area contributed by atoms with Gasteiger partial charge in [0, 0.05) is 11.8 Å². The molecule has 0 spiro atoms. The fourth-order valence-electron chi connectivity index (χ4n) is 2.46. The fourth-order valence-corrected chi connectivity index (χ4v) is 2.46. The van der Waals surface area contributed by atoms with Crippen LogP contribution < -0.4 is 0 Å². The van der Waals surface area contributed by atoms with E-state index in [1.807, 2.05) is 36.6 Å². The highest BCUT2D eigenvalue weighted by molar-refractivity contribution is 5.68. The first-order valence-corrected chi connectivity index (χ1v) is 6.74. The number of aryl methyl sites for hydroxylation is 1. The summed E-state index contributed by atoms with van der Waals surface area (Å²) >= 11 is 0. The number of hydrogen-bond acceptors (Lipinski definition) is 2. The van der Waals surface area contributed by atoms with E-state index >= 15 is 0 Å². The topological polar surface area (TPSA) is 41.1 Å². The van der Waals surface area contributed by atoms with Gasteiger partial charge in [-0.25, -0.2) is 9.37 Å². The third-order valence-corrected chi connectivity index (χ3v) is 3.54. The summed E-state index contributed by atoms with van der Waals surface area (Å²) in [6, 6.07) is 12.4. The molecule has 0 radical (unpaired) electrons. The Morgan fingerprint density at radius 1 is 1.24 bits per heavy atom. The molecule has 1 aromatic carbocycles. The van der Waals surface area contributed by atoms with Crippen molar-refractivity contribution in [1.29, 1.82) is 5.26 Å². The number of nitriles is 1. The Kier molecular flexibility index (Phi) is 3.19. The van der Waals surface area contributed by atoms with Gasteiger partial charge in [0.15, 0.2) is 0 Å². The minimum absolute atomic E-state index is 0.284. The third kappa shape index (κ3) is 2.27. The normalized spacial score (nSPS) is 12.3. The molecule has 0 bridgehead atoms. The lowest BCUT2D eigenvalue weighted by molar-refractivity contribution is 0.628. The zero-order chi connectivity index (χ0) is 15.0. The second-order valence-corrected chi connectivity index (χ2v) is 5.14. The number of imidazole rings is 1. The molecule has 4 heteroatoms. The second kappa shape index (κ2) is 5.02. The third-order valence-electron chi connectivity index (χ3n) is 3.54. The molecule has 1 atom stereocenters. The smallest absolute Gasteiger partial charge is 0.137 e. The molecule has 104 valence electrons. The number of aromatic nitrogens is 2. The van der Waals surface area contributed by atoms with E-state index < -0.39 is 0 Å². The first kappa shape index (κ1) is 13.3. The summed E-state index contributed by atoms with van der Waals surface area (Å²) in [4.78, 5) is 4.63. The van der Waals surface area contributed by atoms with Crippen molar-refractivity contribution in [2.45, 2.75) is 19.8 Å². The Labute approximate surface area is 122 Å². The van der Waals surface area contributed by atoms with Crippen LogP contribution >= 0.6 is 0 Å². The van der Waals surface area contributed by atoms with Gasteiger partial charge in [-0.3, -0.25) is 0 Å². The number of halogens is 1. The highest BCUT2D eigenvalue weighted by Gasteiger charge is 2.19. The minimum Gasteiger partial charge on any atom is -0.302 e. The molecule has 0 N–H and O–H groups in total. The molecule has 21 heavy (non-hydrogen) atoms. The van der Waals surface area contributed by atoms with Crippen LogP contribution in [0.5, 0.6) is 0 Å². The lowest BCUT2D eigenvalue weighted by atomic mass is 10.0. The summed E-state index contributed by atoms with van der Waals surface area (Å²) in [5.74, 6) is -0.587. The van der Waals surface area contributed by atoms with Gasteiger partial charge < -0.3 is 4.40 Å². The van der Waals surface area contributed by atoms with E-state index in [-0.39, 0.29) is 11.7 Å². The monoisotopic (exact) mass is 279 g/mol. The number of pyridine rings is 1. The number of hydrogen-bond donors (Lipinski definition) is 0. The molecule has 2 aromatic heterocycles. The molecule has 3 rings (SSSR count). The van der Waals surface area contributed by atoms with Crippen LogP contribution in [-0.4, -0.2) is 9.38 Å². The maximum atomic E-state index is 13.1. The van der Waals surface area contributed by atoms with Crippen molar-refractivity contribution in [3.05, 3.63) is 59.7 Å². The maximum Gasteiger partial charge on any atom is 0.137 e. The van der Waals surface area contributed by atoms with E-state index in [1.165, 1.54) is 12.1 Å². The van der Waals surface area contributed by atoms with Crippen molar-refractivity contribution in [1.82, 2.24) is 9.38 Å². The number of nitrogens with zero attached hydrogens (tertiary/aromatic N) is 3. The summed E-state index contributed by atoms with van der Waals surface area (Å²) in [5.41, 5.74) is 4.28. The first-order valence-electron chi connectivity index (χ1n) is 6.74. The van der Waals surface area contributed by atoms with Crippen molar-refractivity contribution < 1.29 is 4.39 Å². The van der Waals surface area contributed by atoms with Gasteiger partial charge in [0.05, 0.1) is 23.4 Å². The summed E-state index contributed by atoms with van der Waals surface area (Å²) in [7, 11) is 0. The van der Waals surface area contributed by atoms with Crippen molar-refractivity contribution in [2.75, 3.05) is 0 Å². The molecule has 3 aromatic rings. The van der Waals surface area contributed by atoms with Gasteiger partial charge in [-0.1, -0.05) is 0 Å². The van der Waals surface area contributed by atoms with Crippen molar-refractivity contribution in [2.24, 2.45) is 0 Å². The average Bonchev–Trinajstić information content (AvgIpc) is 2.85. The van der Waals surface area contributed by atoms with E-state index in [4.69, 9.17) is 0 Å². The van der Waals surface area contributed by atoms with Crippen molar-refractivity contribution in [3.8, 4) is 17.3 Å². The van der Waals surface area contributed by atoms with E-state index in [0.29, 0.717) is 0 Å². The lowest BCUT2D eigenvalue weighted by Gasteiger charge is -2.07. The first-order chi connectivity index (χ1) is 10.1. The Morgan fingerprint density at radius 3 is 2.62 bits per heavy atom. The van der Waals surface area contributed by atoms with Gasteiger partial charge in [-0.05, 0) is 55.8 Å². The van der Waals surface area contributed by atoms with Crippen LogP contribution in [0, 0.1) is 24.1 Å². The summed E-state index contributed by atoms with van der Waals surface area (Å²) < 4.78 is 15.0. The van der Waals surface area contributed by atoms with E-state index in [1.54, 1.807) is 12.1 Å². The van der Waals surface area contributed by atoms with Crippen molar-refractivity contribution >= 4 is 5.65 Å². The predicted molar refractivity (Wildman–Crippen MR) is 79.4 cm³/mol. The van der Waals surface area contributed by atoms with Gasteiger partial charge in [0.1, 0.15) is 11.5 Å². The second-order valence-electron chi connectivity index (χ2n) is 5.14. The Hall–Kier alpha value is -2.67. The lowest BCUT2D eigenvalue weighted by Crippen LogP contribution is -1.98. The zero-order valence-corrected chi connectivity index (χ0v) is 11.8. The highest BCUT2D eigenvalue weighted by Crippen LogP contribution is 2.30. The fraction of sp³-hybridized carbons (Fsp3) is 0.176. The van der Waals surface area contributed by atoms with Crippen LogP contribution in [0.15, 0.2) is 42.6 Å². The molecule has 0 aliphatic carbocycles. The van der Waals surface area contributed by atoms with Gasteiger partial charge in [-0.2, -0.15) is 5.26 Å². The predicted octanol–water partition coefficient (Wildman–Crippen LogP) is 4.08. The number of rotatable bonds is 2. The molecule has 0 saturated carbocycles. The average molecular weight is 279 g/mol. The summed E-state index contributed by atoms with van der Waals surface area (Å²) in [5, 5.41) is 9.28. The molecule has 2 heterocycles. The molecule has 0 saturated heterocycles. The van der Waals surface area contributed by atoms with Crippen LogP contribution in [0.2, 0.25) is 0 Å². The van der Waals surface area contributed by atoms with Gasteiger partial charge in [0.25, 0.3) is 0 Å². The Morgan fingerprint density at radius 2 is 1.95 bits per heavy atom. The van der Waals surface area contributed by atoms with Crippen LogP contribution in [-0.2, 0) is 0 Å². The standard InChI is InChI=1S/C17H14FN3/c1-11-7-8-21-15(9-11)20-16(17(21)12(2)10-19)13-3-5-14(18)6-4-13/h3-9,12H,1-2H3. The van der Waals surface area contributed by atoms with Crippen LogP contribution in [0.1, 0.15) is 24.1 Å². The quantitative estimate of drug-likeness (QED) is 0.709. The highest BCUT2D eigenvalue weighted by atomic mass is 19.1. The Balaban J connectivity index is 2.30. The van der Waals surface area contributed by atoms with E-state index in [9.17, 15) is 9.65 Å². The van der Waals surface area contributed by atoms with Crippen LogP contribution in [0.4, 0.5) is 4.39 Å². The van der Waals surface area contributed by atoms with Gasteiger partial charge in [0.2, 0.25) is 0 Å². The summed E-state index contributed by atoms with van der Waals surface area (Å²) in [6.07, 6.45) is 1.92. The number of benzene rings is 1. The maximum absolute atomic E-state index is 13.1. The molecule has 0 aliphatic rings. The molecule has 0 aliphatic heterocycles. The largest absolute Gasteiger partial charge is 0.302 e. The molecule has 1 unspecified atom stereocenters. The molecule has 0 amide bonds. The summed E-state index contributed by atoms with van der Waals surface area (Å²) in [6.45, 7) is 3.84. The van der Waals surface area contributed by atoms with Crippen molar-refractivity contribution in [3.63, 3.8) is 0 Å². The minimum atomic E-state index is -0.303. The zero-order valence-electron chi connectivity index (χ0n) is 11.8. The molecular formula is C17H14FN3. The molecular weight excluding hydrogens is 265 g/mol. The van der Waals surface area contributed by atoms with Crippen LogP contribution in [0.25, 0.3) is 16.9 Å². The van der Waals surface area contributed by atoms with E-state index in [0.717, 1.165) is 28.2 Å².